The monoisotopic (exact) mass is 330 g/mol. The third kappa shape index (κ3) is 5.24. The molecule has 2 amide bonds. The number of amides is 2. The summed E-state index contributed by atoms with van der Waals surface area (Å²) in [7, 11) is 0. The second-order valence-corrected chi connectivity index (χ2v) is 5.40. The quantitative estimate of drug-likeness (QED) is 0.808. The van der Waals surface area contributed by atoms with E-state index in [9.17, 15) is 22.8 Å². The lowest BCUT2D eigenvalue weighted by Crippen LogP contribution is -2.42. The predicted octanol–water partition coefficient (Wildman–Crippen LogP) is 1.71. The van der Waals surface area contributed by atoms with E-state index in [0.717, 1.165) is 12.8 Å². The average Bonchev–Trinajstić information content (AvgIpc) is 3.27. The van der Waals surface area contributed by atoms with Crippen LogP contribution < -0.4 is 5.32 Å². The van der Waals surface area contributed by atoms with E-state index in [1.807, 2.05) is 0 Å². The topological polar surface area (TPSA) is 69.6 Å². The van der Waals surface area contributed by atoms with Crippen molar-refractivity contribution >= 4 is 17.5 Å². The average molecular weight is 330 g/mol. The van der Waals surface area contributed by atoms with Crippen molar-refractivity contribution in [2.75, 3.05) is 18.5 Å². The Labute approximate surface area is 131 Å². The second kappa shape index (κ2) is 6.99. The molecule has 126 valence electrons. The van der Waals surface area contributed by atoms with E-state index in [-0.39, 0.29) is 30.4 Å². The molecule has 1 aliphatic rings. The number of rotatable bonds is 5. The van der Waals surface area contributed by atoms with Crippen molar-refractivity contribution in [1.82, 2.24) is 4.90 Å². The van der Waals surface area contributed by atoms with Crippen LogP contribution in [0.3, 0.4) is 0 Å². The fourth-order valence-corrected chi connectivity index (χ4v) is 2.25. The molecule has 1 fully saturated rings. The molecule has 0 bridgehead atoms. The van der Waals surface area contributed by atoms with E-state index in [1.54, 1.807) is 0 Å². The van der Waals surface area contributed by atoms with Crippen LogP contribution in [0.25, 0.3) is 0 Å². The van der Waals surface area contributed by atoms with Gasteiger partial charge in [0.2, 0.25) is 0 Å². The van der Waals surface area contributed by atoms with E-state index in [0.29, 0.717) is 0 Å². The molecule has 23 heavy (non-hydrogen) atoms. The molecule has 2 rings (SSSR count). The van der Waals surface area contributed by atoms with E-state index >= 15 is 0 Å². The Morgan fingerprint density at radius 3 is 2.57 bits per heavy atom. The van der Waals surface area contributed by atoms with Crippen molar-refractivity contribution in [3.05, 3.63) is 29.8 Å². The lowest BCUT2D eigenvalue weighted by Gasteiger charge is -2.20. The van der Waals surface area contributed by atoms with Gasteiger partial charge >= 0.3 is 18.0 Å². The third-order valence-corrected chi connectivity index (χ3v) is 3.37. The lowest BCUT2D eigenvalue weighted by atomic mass is 10.1. The minimum Gasteiger partial charge on any atom is -0.395 e. The van der Waals surface area contributed by atoms with Crippen LogP contribution in [0.5, 0.6) is 0 Å². The Kier molecular flexibility index (Phi) is 5.25. The molecule has 1 aromatic carbocycles. The highest BCUT2D eigenvalue weighted by Gasteiger charge is 2.35. The summed E-state index contributed by atoms with van der Waals surface area (Å²) in [5.74, 6) is -1.71. The van der Waals surface area contributed by atoms with Gasteiger partial charge in [0.15, 0.2) is 0 Å². The molecule has 0 radical (unpaired) electrons. The largest absolute Gasteiger partial charge is 0.395 e. The fraction of sp³-hybridized carbons (Fsp3) is 0.467. The van der Waals surface area contributed by atoms with Gasteiger partial charge in [0, 0.05) is 18.3 Å². The van der Waals surface area contributed by atoms with Gasteiger partial charge in [-0.3, -0.25) is 9.59 Å². The Bertz CT molecular complexity index is 586. The first kappa shape index (κ1) is 17.3. The summed E-state index contributed by atoms with van der Waals surface area (Å²) in [4.78, 5) is 25.3. The van der Waals surface area contributed by atoms with Gasteiger partial charge in [0.1, 0.15) is 0 Å². The summed E-state index contributed by atoms with van der Waals surface area (Å²) in [6.45, 7) is -0.193. The van der Waals surface area contributed by atoms with Gasteiger partial charge in [-0.25, -0.2) is 0 Å². The molecule has 2 N–H and O–H groups in total. The normalized spacial score (nSPS) is 14.4. The Balaban J connectivity index is 2.01. The molecule has 0 saturated heterocycles. The second-order valence-electron chi connectivity index (χ2n) is 5.40. The van der Waals surface area contributed by atoms with Gasteiger partial charge in [-0.1, -0.05) is 12.1 Å². The van der Waals surface area contributed by atoms with Crippen LogP contribution in [-0.4, -0.2) is 47.2 Å². The predicted molar refractivity (Wildman–Crippen MR) is 76.7 cm³/mol. The van der Waals surface area contributed by atoms with Crippen LogP contribution in [0.2, 0.25) is 0 Å². The van der Waals surface area contributed by atoms with Crippen molar-refractivity contribution in [3.8, 4) is 0 Å². The number of alkyl halides is 3. The maximum atomic E-state index is 12.4. The smallest absolute Gasteiger partial charge is 0.393 e. The van der Waals surface area contributed by atoms with Gasteiger partial charge in [-0.05, 0) is 30.5 Å². The number of carbonyl (C=O) groups is 2. The highest BCUT2D eigenvalue weighted by Crippen LogP contribution is 2.27. The van der Waals surface area contributed by atoms with Gasteiger partial charge < -0.3 is 15.3 Å². The van der Waals surface area contributed by atoms with Gasteiger partial charge in [0.25, 0.3) is 0 Å². The number of carbonyl (C=O) groups excluding carboxylic acids is 2. The number of hydrogen-bond donors (Lipinski definition) is 2. The summed E-state index contributed by atoms with van der Waals surface area (Å²) in [5, 5.41) is 11.3. The number of nitrogens with one attached hydrogen (secondary N) is 1. The molecule has 5 nitrogen and oxygen atoms in total. The first-order valence-electron chi connectivity index (χ1n) is 7.18. The zero-order chi connectivity index (χ0) is 17.0. The zero-order valence-corrected chi connectivity index (χ0v) is 12.3. The number of benzene rings is 1. The first-order valence-corrected chi connectivity index (χ1v) is 7.18. The van der Waals surface area contributed by atoms with Crippen molar-refractivity contribution in [2.45, 2.75) is 31.5 Å². The van der Waals surface area contributed by atoms with E-state index in [2.05, 4.69) is 5.32 Å². The van der Waals surface area contributed by atoms with Crippen LogP contribution in [0.4, 0.5) is 18.9 Å². The van der Waals surface area contributed by atoms with E-state index in [1.165, 1.54) is 29.2 Å². The Morgan fingerprint density at radius 1 is 1.30 bits per heavy atom. The minimum atomic E-state index is -4.34. The van der Waals surface area contributed by atoms with Crippen LogP contribution >= 0.6 is 0 Å². The van der Waals surface area contributed by atoms with Crippen LogP contribution in [0.15, 0.2) is 24.3 Å². The molecule has 0 spiro atoms. The highest BCUT2D eigenvalue weighted by molar-refractivity contribution is 6.39. The Hall–Kier alpha value is -2.09. The number of anilines is 1. The molecule has 8 heteroatoms. The SMILES string of the molecule is O=C(Nc1cccc(CC(F)(F)F)c1)C(=O)N(CCO)C1CC1. The van der Waals surface area contributed by atoms with Crippen molar-refractivity contribution in [3.63, 3.8) is 0 Å². The molecule has 1 aliphatic carbocycles. The fourth-order valence-electron chi connectivity index (χ4n) is 2.25. The third-order valence-electron chi connectivity index (χ3n) is 3.37. The van der Waals surface area contributed by atoms with E-state index < -0.39 is 24.4 Å². The number of aliphatic hydroxyl groups is 1. The van der Waals surface area contributed by atoms with Crippen molar-refractivity contribution < 1.29 is 27.9 Å². The molecular formula is C15H17F3N2O3. The number of halogens is 3. The molecule has 1 saturated carbocycles. The van der Waals surface area contributed by atoms with Crippen molar-refractivity contribution in [2.24, 2.45) is 0 Å². The number of aliphatic hydroxyl groups excluding tert-OH is 1. The maximum absolute atomic E-state index is 12.4. The van der Waals surface area contributed by atoms with Crippen LogP contribution in [0, 0.1) is 0 Å². The molecule has 0 unspecified atom stereocenters. The summed E-state index contributed by atoms with van der Waals surface area (Å²) in [6.07, 6.45) is -3.90. The first-order chi connectivity index (χ1) is 10.8. The van der Waals surface area contributed by atoms with Gasteiger partial charge in [-0.2, -0.15) is 13.2 Å². The molecule has 0 atom stereocenters. The van der Waals surface area contributed by atoms with Crippen molar-refractivity contribution in [1.29, 1.82) is 0 Å². The molecule has 0 aromatic heterocycles. The number of nitrogens with zero attached hydrogens (tertiary/aromatic N) is 1. The summed E-state index contributed by atoms with van der Waals surface area (Å²) in [6, 6.07) is 5.24. The van der Waals surface area contributed by atoms with E-state index in [4.69, 9.17) is 5.11 Å². The molecule has 0 aliphatic heterocycles. The highest BCUT2D eigenvalue weighted by atomic mass is 19.4. The zero-order valence-electron chi connectivity index (χ0n) is 12.3. The van der Waals surface area contributed by atoms with Gasteiger partial charge in [0.05, 0.1) is 13.0 Å². The molecule has 1 aromatic rings. The maximum Gasteiger partial charge on any atom is 0.393 e. The number of hydrogen-bond acceptors (Lipinski definition) is 3. The minimum absolute atomic E-state index is 0.00263. The van der Waals surface area contributed by atoms with Crippen LogP contribution in [-0.2, 0) is 16.0 Å². The molecule has 0 heterocycles. The summed E-state index contributed by atoms with van der Waals surface area (Å²) in [5.41, 5.74) is 0.127. The summed E-state index contributed by atoms with van der Waals surface area (Å²) >= 11 is 0. The van der Waals surface area contributed by atoms with Crippen LogP contribution in [0.1, 0.15) is 18.4 Å². The van der Waals surface area contributed by atoms with Gasteiger partial charge in [-0.15, -0.1) is 0 Å². The lowest BCUT2D eigenvalue weighted by molar-refractivity contribution is -0.143. The molecular weight excluding hydrogens is 313 g/mol. The standard InChI is InChI=1S/C15H17F3N2O3/c16-15(17,18)9-10-2-1-3-11(8-10)19-13(22)14(23)20(6-7-21)12-4-5-12/h1-3,8,12,21H,4-7,9H2,(H,19,22). The summed E-state index contributed by atoms with van der Waals surface area (Å²) < 4.78 is 37.1. The Morgan fingerprint density at radius 2 is 2.00 bits per heavy atom.